The minimum atomic E-state index is -0.761. The van der Waals surface area contributed by atoms with Crippen LogP contribution in [0.4, 0.5) is 5.82 Å². The van der Waals surface area contributed by atoms with Gasteiger partial charge in [0.2, 0.25) is 17.7 Å². The highest BCUT2D eigenvalue weighted by atomic mass is 16.4. The van der Waals surface area contributed by atoms with Crippen molar-refractivity contribution < 1.29 is 24.3 Å². The molecule has 0 radical (unpaired) electrons. The number of likely N-dealkylation sites (tertiary alicyclic amines) is 1. The fraction of sp³-hybridized carbons (Fsp3) is 0.609. The molecular weight excluding hydrogens is 412 g/mol. The lowest BCUT2D eigenvalue weighted by Gasteiger charge is -2.35. The van der Waals surface area contributed by atoms with Gasteiger partial charge in [0, 0.05) is 45.2 Å². The Balaban J connectivity index is 1.24. The van der Waals surface area contributed by atoms with Crippen molar-refractivity contribution in [2.24, 2.45) is 11.8 Å². The third-order valence-corrected chi connectivity index (χ3v) is 7.01. The lowest BCUT2D eigenvalue weighted by atomic mass is 9.91. The summed E-state index contributed by atoms with van der Waals surface area (Å²) in [6, 6.07) is 3.84. The van der Waals surface area contributed by atoms with Gasteiger partial charge in [-0.3, -0.25) is 24.5 Å². The van der Waals surface area contributed by atoms with Crippen LogP contribution >= 0.6 is 0 Å². The SMILES string of the molecule is O=C1CC[C@@H](c2ccc(N3CCC(CC(=O)N4CCC(C(=O)O)CC4)CC3)nc2)C(=O)N1. The first-order valence-corrected chi connectivity index (χ1v) is 11.5. The van der Waals surface area contributed by atoms with E-state index in [0.29, 0.717) is 51.1 Å². The van der Waals surface area contributed by atoms with Crippen molar-refractivity contribution >= 4 is 29.5 Å². The Hall–Kier alpha value is -2.97. The molecule has 3 saturated heterocycles. The summed E-state index contributed by atoms with van der Waals surface area (Å²) in [4.78, 5) is 55.7. The molecule has 0 aliphatic carbocycles. The van der Waals surface area contributed by atoms with E-state index in [4.69, 9.17) is 5.11 Å². The standard InChI is InChI=1S/C23H30N4O5/c28-20-4-2-18(22(30)25-20)17-1-3-19(24-14-17)26-9-5-15(6-10-26)13-21(29)27-11-7-16(8-12-27)23(31)32/h1,3,14-16,18H,2,4-13H2,(H,31,32)(H,25,28,30)/t18-/m0/s1. The van der Waals surface area contributed by atoms with E-state index in [0.717, 1.165) is 37.3 Å². The summed E-state index contributed by atoms with van der Waals surface area (Å²) < 4.78 is 0. The quantitative estimate of drug-likeness (QED) is 0.664. The number of aliphatic carboxylic acids is 1. The number of hydrogen-bond acceptors (Lipinski definition) is 6. The molecule has 3 aliphatic rings. The number of rotatable bonds is 5. The van der Waals surface area contributed by atoms with Crippen molar-refractivity contribution in [1.29, 1.82) is 0 Å². The van der Waals surface area contributed by atoms with Crippen LogP contribution in [0.25, 0.3) is 0 Å². The van der Waals surface area contributed by atoms with Gasteiger partial charge in [0.25, 0.3) is 0 Å². The van der Waals surface area contributed by atoms with Gasteiger partial charge in [0.05, 0.1) is 11.8 Å². The normalized spacial score (nSPS) is 23.2. The molecule has 3 aliphatic heterocycles. The highest BCUT2D eigenvalue weighted by Gasteiger charge is 2.30. The number of nitrogens with zero attached hydrogens (tertiary/aromatic N) is 3. The maximum absolute atomic E-state index is 12.6. The van der Waals surface area contributed by atoms with E-state index in [2.05, 4.69) is 15.2 Å². The lowest BCUT2D eigenvalue weighted by molar-refractivity contribution is -0.146. The molecule has 0 spiro atoms. The second-order valence-electron chi connectivity index (χ2n) is 9.08. The number of pyridine rings is 1. The van der Waals surface area contributed by atoms with E-state index in [9.17, 15) is 19.2 Å². The summed E-state index contributed by atoms with van der Waals surface area (Å²) in [6.07, 6.45) is 6.02. The Morgan fingerprint density at radius 2 is 1.75 bits per heavy atom. The van der Waals surface area contributed by atoms with Gasteiger partial charge in [-0.25, -0.2) is 4.98 Å². The highest BCUT2D eigenvalue weighted by molar-refractivity contribution is 6.00. The molecule has 4 rings (SSSR count). The molecule has 0 unspecified atom stereocenters. The fourth-order valence-electron chi connectivity index (χ4n) is 4.92. The summed E-state index contributed by atoms with van der Waals surface area (Å²) >= 11 is 0. The van der Waals surface area contributed by atoms with Crippen molar-refractivity contribution in [1.82, 2.24) is 15.2 Å². The van der Waals surface area contributed by atoms with Crippen LogP contribution < -0.4 is 10.2 Å². The molecule has 0 aromatic carbocycles. The molecule has 32 heavy (non-hydrogen) atoms. The average molecular weight is 443 g/mol. The van der Waals surface area contributed by atoms with E-state index in [1.54, 1.807) is 6.20 Å². The number of aromatic nitrogens is 1. The number of carbonyl (C=O) groups is 4. The zero-order chi connectivity index (χ0) is 22.7. The van der Waals surface area contributed by atoms with E-state index >= 15 is 0 Å². The van der Waals surface area contributed by atoms with E-state index < -0.39 is 5.97 Å². The van der Waals surface area contributed by atoms with E-state index in [1.807, 2.05) is 17.0 Å². The summed E-state index contributed by atoms with van der Waals surface area (Å²) in [5.74, 6) is -0.555. The van der Waals surface area contributed by atoms with Crippen LogP contribution in [0.2, 0.25) is 0 Å². The maximum atomic E-state index is 12.6. The lowest BCUT2D eigenvalue weighted by Crippen LogP contribution is -2.42. The van der Waals surface area contributed by atoms with Gasteiger partial charge in [-0.2, -0.15) is 0 Å². The summed E-state index contributed by atoms with van der Waals surface area (Å²) in [5.41, 5.74) is 0.825. The van der Waals surface area contributed by atoms with Crippen molar-refractivity contribution in [3.8, 4) is 0 Å². The third kappa shape index (κ3) is 5.08. The Morgan fingerprint density at radius 3 is 2.34 bits per heavy atom. The van der Waals surface area contributed by atoms with Gasteiger partial charge in [0.1, 0.15) is 5.82 Å². The zero-order valence-electron chi connectivity index (χ0n) is 18.2. The molecule has 4 heterocycles. The smallest absolute Gasteiger partial charge is 0.306 e. The molecule has 0 bridgehead atoms. The summed E-state index contributed by atoms with van der Waals surface area (Å²) in [6.45, 7) is 2.73. The monoisotopic (exact) mass is 442 g/mol. The largest absolute Gasteiger partial charge is 0.481 e. The Labute approximate surface area is 187 Å². The molecule has 172 valence electrons. The predicted molar refractivity (Wildman–Crippen MR) is 116 cm³/mol. The number of hydrogen-bond donors (Lipinski definition) is 2. The molecule has 1 atom stereocenters. The number of carboxylic acids is 1. The van der Waals surface area contributed by atoms with Crippen LogP contribution in [-0.2, 0) is 19.2 Å². The van der Waals surface area contributed by atoms with Crippen LogP contribution in [0, 0.1) is 11.8 Å². The van der Waals surface area contributed by atoms with Crippen molar-refractivity contribution in [3.05, 3.63) is 23.9 Å². The molecule has 0 saturated carbocycles. The minimum absolute atomic E-state index is 0.138. The molecule has 9 nitrogen and oxygen atoms in total. The van der Waals surface area contributed by atoms with Crippen LogP contribution in [-0.4, -0.2) is 64.9 Å². The topological polar surface area (TPSA) is 120 Å². The number of nitrogens with one attached hydrogen (secondary N) is 1. The van der Waals surface area contributed by atoms with Crippen LogP contribution in [0.3, 0.4) is 0 Å². The maximum Gasteiger partial charge on any atom is 0.306 e. The van der Waals surface area contributed by atoms with Gasteiger partial charge < -0.3 is 14.9 Å². The molecule has 3 fully saturated rings. The van der Waals surface area contributed by atoms with Gasteiger partial charge in [0.15, 0.2) is 0 Å². The number of amides is 3. The van der Waals surface area contributed by atoms with Gasteiger partial charge >= 0.3 is 5.97 Å². The van der Waals surface area contributed by atoms with Crippen molar-refractivity contribution in [3.63, 3.8) is 0 Å². The fourth-order valence-corrected chi connectivity index (χ4v) is 4.92. The van der Waals surface area contributed by atoms with Crippen molar-refractivity contribution in [2.75, 3.05) is 31.1 Å². The summed E-state index contributed by atoms with van der Waals surface area (Å²) in [5, 5.41) is 11.5. The Bertz CT molecular complexity index is 871. The number of carbonyl (C=O) groups excluding carboxylic acids is 3. The van der Waals surface area contributed by atoms with Crippen LogP contribution in [0.5, 0.6) is 0 Å². The van der Waals surface area contributed by atoms with E-state index in [1.165, 1.54) is 0 Å². The van der Waals surface area contributed by atoms with Crippen molar-refractivity contribution in [2.45, 2.75) is 50.9 Å². The second kappa shape index (κ2) is 9.67. The number of imide groups is 1. The first kappa shape index (κ1) is 22.2. The van der Waals surface area contributed by atoms with Gasteiger partial charge in [-0.15, -0.1) is 0 Å². The van der Waals surface area contributed by atoms with E-state index in [-0.39, 0.29) is 29.6 Å². The van der Waals surface area contributed by atoms with Gasteiger partial charge in [-0.05, 0) is 49.7 Å². The third-order valence-electron chi connectivity index (χ3n) is 7.01. The number of carboxylic acid groups (broad SMARTS) is 1. The molecule has 1 aromatic heterocycles. The van der Waals surface area contributed by atoms with Gasteiger partial charge in [-0.1, -0.05) is 6.07 Å². The second-order valence-corrected chi connectivity index (χ2v) is 9.08. The highest BCUT2D eigenvalue weighted by Crippen LogP contribution is 2.28. The van der Waals surface area contributed by atoms with Crippen LogP contribution in [0.15, 0.2) is 18.3 Å². The van der Waals surface area contributed by atoms with Crippen LogP contribution in [0.1, 0.15) is 56.4 Å². The number of piperidine rings is 3. The summed E-state index contributed by atoms with van der Waals surface area (Å²) in [7, 11) is 0. The molecule has 3 amide bonds. The molecule has 1 aromatic rings. The molecule has 9 heteroatoms. The average Bonchev–Trinajstić information content (AvgIpc) is 2.80. The Kier molecular flexibility index (Phi) is 6.72. The first-order chi connectivity index (χ1) is 15.4. The Morgan fingerprint density at radius 1 is 1.03 bits per heavy atom. The minimum Gasteiger partial charge on any atom is -0.481 e. The predicted octanol–water partition coefficient (Wildman–Crippen LogP) is 1.53. The molecule has 2 N–H and O–H groups in total. The first-order valence-electron chi connectivity index (χ1n) is 11.5. The zero-order valence-corrected chi connectivity index (χ0v) is 18.2. The molecular formula is C23H30N4O5. The number of anilines is 1.